The van der Waals surface area contributed by atoms with Gasteiger partial charge in [-0.25, -0.2) is 0 Å². The molecule has 0 amide bonds. The zero-order chi connectivity index (χ0) is 24.8. The van der Waals surface area contributed by atoms with Crippen molar-refractivity contribution in [2.75, 3.05) is 18.5 Å². The fourth-order valence-electron chi connectivity index (χ4n) is 5.94. The average Bonchev–Trinajstić information content (AvgIpc) is 2.86. The van der Waals surface area contributed by atoms with Gasteiger partial charge in [-0.3, -0.25) is 0 Å². The van der Waals surface area contributed by atoms with Crippen molar-refractivity contribution in [2.24, 2.45) is 0 Å². The Labute approximate surface area is 227 Å². The quantitative estimate of drug-likeness (QED) is 0.0931. The predicted molar refractivity (Wildman–Crippen MR) is 169 cm³/mol. The zero-order valence-electron chi connectivity index (χ0n) is 24.1. The molecule has 2 heteroatoms. The van der Waals surface area contributed by atoms with E-state index in [0.717, 1.165) is 0 Å². The van der Waals surface area contributed by atoms with E-state index in [0.29, 0.717) is 0 Å². The van der Waals surface area contributed by atoms with E-state index in [4.69, 9.17) is 0 Å². The molecule has 1 aromatic rings. The van der Waals surface area contributed by atoms with E-state index in [1.165, 1.54) is 140 Å². The molecule has 0 aliphatic carbocycles. The van der Waals surface area contributed by atoms with Gasteiger partial charge in [-0.05, 0) is 0 Å². The molecule has 0 aromatic heterocycles. The fraction of sp³-hybridized carbons (Fsp3) is 0.758. The molecule has 0 aliphatic heterocycles. The van der Waals surface area contributed by atoms with Crippen LogP contribution in [0.4, 0.5) is 0 Å². The molecule has 1 rings (SSSR count). The summed E-state index contributed by atoms with van der Waals surface area (Å²) in [6.45, 7) is 9.61. The minimum atomic E-state index is -2.00. The van der Waals surface area contributed by atoms with E-state index in [2.05, 4.69) is 63.5 Å². The molecular formula is C33H62ClP. The van der Waals surface area contributed by atoms with Gasteiger partial charge in [-0.2, -0.15) is 0 Å². The monoisotopic (exact) mass is 524 g/mol. The van der Waals surface area contributed by atoms with Gasteiger partial charge in [0.1, 0.15) is 0 Å². The first-order valence-electron chi connectivity index (χ1n) is 15.3. The van der Waals surface area contributed by atoms with E-state index in [1.54, 1.807) is 5.56 Å². The number of rotatable bonds is 24. The topological polar surface area (TPSA) is 0 Å². The van der Waals surface area contributed by atoms with Crippen LogP contribution in [0.5, 0.6) is 0 Å². The van der Waals surface area contributed by atoms with Crippen molar-refractivity contribution in [3.05, 3.63) is 48.3 Å². The molecule has 0 radical (unpaired) electrons. The molecule has 0 N–H and O–H groups in total. The number of unbranched alkanes of at least 4 members (excludes halogenated alkanes) is 15. The van der Waals surface area contributed by atoms with Crippen molar-refractivity contribution >= 4 is 19.0 Å². The first kappa shape index (κ1) is 34.7. The van der Waals surface area contributed by atoms with Gasteiger partial charge in [0.25, 0.3) is 0 Å². The van der Waals surface area contributed by atoms with Crippen molar-refractivity contribution in [3.8, 4) is 0 Å². The predicted octanol–water partition coefficient (Wildman–Crippen LogP) is 12.4. The Kier molecular flexibility index (Phi) is 21.5. The molecule has 0 unspecified atom stereocenters. The second kappa shape index (κ2) is 21.7. The maximum atomic E-state index is 4.64. The Morgan fingerprint density at radius 2 is 0.886 bits per heavy atom. The van der Waals surface area contributed by atoms with E-state index >= 15 is 0 Å². The van der Waals surface area contributed by atoms with Crippen LogP contribution < -0.4 is 0 Å². The van der Waals surface area contributed by atoms with Crippen LogP contribution in [0.15, 0.2) is 42.7 Å². The van der Waals surface area contributed by atoms with Crippen LogP contribution in [0.1, 0.15) is 142 Å². The SMILES string of the molecule is C=CP(CCCCCCCC)(CCCCCCCC)(CCCCCCCC)Cc1ccccc1.Cl. The largest absolute Gasteiger partial charge is 0.147 e. The molecule has 0 atom stereocenters. The minimum Gasteiger partial charge on any atom is -0.147 e. The molecule has 0 bridgehead atoms. The molecule has 0 heterocycles. The molecule has 0 saturated carbocycles. The van der Waals surface area contributed by atoms with Gasteiger partial charge >= 0.3 is 216 Å². The van der Waals surface area contributed by atoms with Gasteiger partial charge in [0, 0.05) is 0 Å². The van der Waals surface area contributed by atoms with Gasteiger partial charge in [-0.15, -0.1) is 12.4 Å². The fourth-order valence-corrected chi connectivity index (χ4v) is 12.2. The second-order valence-electron chi connectivity index (χ2n) is 11.4. The number of benzene rings is 1. The summed E-state index contributed by atoms with van der Waals surface area (Å²) in [5.74, 6) is 2.60. The van der Waals surface area contributed by atoms with Crippen molar-refractivity contribution in [3.63, 3.8) is 0 Å². The number of halogens is 1. The second-order valence-corrected chi connectivity index (χ2v) is 17.5. The molecule has 0 aliphatic rings. The Hall–Kier alpha value is -0.320. The maximum Gasteiger partial charge on any atom is -0.147 e. The summed E-state index contributed by atoms with van der Waals surface area (Å²) < 4.78 is 0. The number of hydrogen-bond acceptors (Lipinski definition) is 0. The Morgan fingerprint density at radius 3 is 1.23 bits per heavy atom. The van der Waals surface area contributed by atoms with Crippen LogP contribution >= 0.6 is 19.0 Å². The normalized spacial score (nSPS) is 12.6. The van der Waals surface area contributed by atoms with Gasteiger partial charge in [0.15, 0.2) is 0 Å². The van der Waals surface area contributed by atoms with Crippen LogP contribution in [-0.4, -0.2) is 18.5 Å². The summed E-state index contributed by atoms with van der Waals surface area (Å²) in [5, 5.41) is 0. The van der Waals surface area contributed by atoms with Gasteiger partial charge < -0.3 is 0 Å². The molecular weight excluding hydrogens is 463 g/mol. The van der Waals surface area contributed by atoms with Crippen LogP contribution in [0, 0.1) is 0 Å². The molecule has 0 spiro atoms. The summed E-state index contributed by atoms with van der Waals surface area (Å²) in [7, 11) is 0. The Bertz CT molecular complexity index is 553. The molecule has 35 heavy (non-hydrogen) atoms. The Balaban J connectivity index is 0.0000116. The van der Waals surface area contributed by atoms with Gasteiger partial charge in [0.2, 0.25) is 0 Å². The van der Waals surface area contributed by atoms with Crippen LogP contribution in [0.2, 0.25) is 0 Å². The third kappa shape index (κ3) is 14.9. The molecule has 0 fully saturated rings. The van der Waals surface area contributed by atoms with Gasteiger partial charge in [-0.1, -0.05) is 0 Å². The maximum absolute atomic E-state index is 4.64. The zero-order valence-corrected chi connectivity index (χ0v) is 25.8. The average molecular weight is 525 g/mol. The molecule has 0 saturated heterocycles. The smallest absolute Gasteiger partial charge is 0.147 e. The third-order valence-electron chi connectivity index (χ3n) is 8.31. The van der Waals surface area contributed by atoms with Gasteiger partial charge in [0.05, 0.1) is 0 Å². The first-order chi connectivity index (χ1) is 16.6. The third-order valence-corrected chi connectivity index (χ3v) is 15.1. The van der Waals surface area contributed by atoms with Crippen molar-refractivity contribution in [1.82, 2.24) is 0 Å². The van der Waals surface area contributed by atoms with E-state index in [-0.39, 0.29) is 12.4 Å². The van der Waals surface area contributed by atoms with Crippen LogP contribution in [0.25, 0.3) is 0 Å². The number of hydrogen-bond donors (Lipinski definition) is 0. The summed E-state index contributed by atoms with van der Waals surface area (Å²) in [5.41, 5.74) is 1.57. The molecule has 0 nitrogen and oxygen atoms in total. The first-order valence-corrected chi connectivity index (χ1v) is 18.4. The Morgan fingerprint density at radius 1 is 0.543 bits per heavy atom. The van der Waals surface area contributed by atoms with Crippen LogP contribution in [-0.2, 0) is 6.16 Å². The summed E-state index contributed by atoms with van der Waals surface area (Å²) in [6.07, 6.45) is 31.0. The molecule has 1 aromatic carbocycles. The summed E-state index contributed by atoms with van der Waals surface area (Å²) >= 11 is 0. The van der Waals surface area contributed by atoms with Crippen molar-refractivity contribution in [1.29, 1.82) is 0 Å². The summed E-state index contributed by atoms with van der Waals surface area (Å²) in [6, 6.07) is 11.5. The van der Waals surface area contributed by atoms with E-state index in [9.17, 15) is 0 Å². The summed E-state index contributed by atoms with van der Waals surface area (Å²) in [4.78, 5) is 0. The van der Waals surface area contributed by atoms with Crippen LogP contribution in [0.3, 0.4) is 0 Å². The van der Waals surface area contributed by atoms with E-state index in [1.807, 2.05) is 0 Å². The minimum absolute atomic E-state index is 0. The standard InChI is InChI=1S/C33H61P.ClH/c1-5-9-12-15-18-24-29-34(8-4,30-25-19-16-13-10-6-2,31-26-20-17-14-11-7-3)32-33-27-22-21-23-28-33;/h8,21-23,27-28H,4-7,9-20,24-26,29-32H2,1-3H3;1H. The van der Waals surface area contributed by atoms with Crippen molar-refractivity contribution < 1.29 is 0 Å². The molecule has 206 valence electrons. The van der Waals surface area contributed by atoms with Crippen molar-refractivity contribution in [2.45, 2.75) is 143 Å². The van der Waals surface area contributed by atoms with E-state index < -0.39 is 6.60 Å².